The first kappa shape index (κ1) is 18.5. The van der Waals surface area contributed by atoms with Crippen LogP contribution in [0.15, 0.2) is 28.8 Å². The number of piperazine rings is 1. The molecule has 1 aliphatic rings. The average Bonchev–Trinajstić information content (AvgIpc) is 3.00. The van der Waals surface area contributed by atoms with Crippen molar-refractivity contribution in [3.63, 3.8) is 0 Å². The van der Waals surface area contributed by atoms with Crippen molar-refractivity contribution < 1.29 is 13.7 Å². The highest BCUT2D eigenvalue weighted by Gasteiger charge is 2.30. The molecule has 3 rings (SSSR count). The first-order chi connectivity index (χ1) is 12.4. The van der Waals surface area contributed by atoms with Gasteiger partial charge in [0.15, 0.2) is 5.82 Å². The molecule has 140 valence electrons. The van der Waals surface area contributed by atoms with Crippen LogP contribution >= 0.6 is 0 Å². The number of likely N-dealkylation sites (N-methyl/N-ethyl adjacent to an activating group) is 1. The number of amides is 1. The second-order valence-electron chi connectivity index (χ2n) is 6.75. The SMILES string of the molecule is Cc1nc(CN2CCN(C(=O)[C@H](c3cccc(F)c3)N(C)C)CC2)no1. The molecule has 1 amide bonds. The summed E-state index contributed by atoms with van der Waals surface area (Å²) in [6.45, 7) is 5.09. The van der Waals surface area contributed by atoms with Crippen molar-refractivity contribution in [2.24, 2.45) is 0 Å². The third kappa shape index (κ3) is 4.25. The molecule has 0 spiro atoms. The minimum atomic E-state index is -0.489. The number of nitrogens with zero attached hydrogens (tertiary/aromatic N) is 5. The molecule has 1 atom stereocenters. The second-order valence-corrected chi connectivity index (χ2v) is 6.75. The summed E-state index contributed by atoms with van der Waals surface area (Å²) in [6, 6.07) is 5.76. The first-order valence-corrected chi connectivity index (χ1v) is 8.66. The summed E-state index contributed by atoms with van der Waals surface area (Å²) in [7, 11) is 3.67. The van der Waals surface area contributed by atoms with Gasteiger partial charge < -0.3 is 9.42 Å². The van der Waals surface area contributed by atoms with Gasteiger partial charge in [-0.1, -0.05) is 17.3 Å². The number of hydrogen-bond acceptors (Lipinski definition) is 6. The highest BCUT2D eigenvalue weighted by atomic mass is 19.1. The summed E-state index contributed by atoms with van der Waals surface area (Å²) in [5.41, 5.74) is 0.671. The average molecular weight is 361 g/mol. The summed E-state index contributed by atoms with van der Waals surface area (Å²) < 4.78 is 18.6. The van der Waals surface area contributed by atoms with E-state index in [4.69, 9.17) is 4.52 Å². The molecule has 1 aliphatic heterocycles. The van der Waals surface area contributed by atoms with E-state index in [2.05, 4.69) is 15.0 Å². The molecule has 0 N–H and O–H groups in total. The van der Waals surface area contributed by atoms with Crippen LogP contribution in [-0.2, 0) is 11.3 Å². The second kappa shape index (κ2) is 7.92. The maximum Gasteiger partial charge on any atom is 0.244 e. The van der Waals surface area contributed by atoms with Crippen LogP contribution in [0, 0.1) is 12.7 Å². The van der Waals surface area contributed by atoms with Crippen molar-refractivity contribution >= 4 is 5.91 Å². The van der Waals surface area contributed by atoms with Crippen molar-refractivity contribution in [2.75, 3.05) is 40.3 Å². The summed E-state index contributed by atoms with van der Waals surface area (Å²) in [5, 5.41) is 3.91. The Morgan fingerprint density at radius 2 is 2.04 bits per heavy atom. The molecule has 26 heavy (non-hydrogen) atoms. The lowest BCUT2D eigenvalue weighted by atomic mass is 10.0. The van der Waals surface area contributed by atoms with E-state index in [0.29, 0.717) is 36.9 Å². The fraction of sp³-hybridized carbons (Fsp3) is 0.500. The fourth-order valence-electron chi connectivity index (χ4n) is 3.24. The Morgan fingerprint density at radius 1 is 1.31 bits per heavy atom. The third-order valence-corrected chi connectivity index (χ3v) is 4.53. The van der Waals surface area contributed by atoms with E-state index >= 15 is 0 Å². The molecule has 2 heterocycles. The summed E-state index contributed by atoms with van der Waals surface area (Å²) in [6.07, 6.45) is 0. The van der Waals surface area contributed by atoms with Crippen LogP contribution in [0.2, 0.25) is 0 Å². The predicted molar refractivity (Wildman–Crippen MR) is 93.7 cm³/mol. The Kier molecular flexibility index (Phi) is 5.63. The molecular formula is C18H24FN5O2. The molecule has 0 unspecified atom stereocenters. The fourth-order valence-corrected chi connectivity index (χ4v) is 3.24. The van der Waals surface area contributed by atoms with Crippen molar-refractivity contribution in [1.82, 2.24) is 24.8 Å². The zero-order chi connectivity index (χ0) is 18.7. The van der Waals surface area contributed by atoms with Gasteiger partial charge in [-0.25, -0.2) is 4.39 Å². The van der Waals surface area contributed by atoms with E-state index < -0.39 is 6.04 Å². The largest absolute Gasteiger partial charge is 0.340 e. The van der Waals surface area contributed by atoms with Crippen LogP contribution in [0.3, 0.4) is 0 Å². The molecule has 1 saturated heterocycles. The minimum absolute atomic E-state index is 0.00402. The molecule has 0 bridgehead atoms. The van der Waals surface area contributed by atoms with Gasteiger partial charge >= 0.3 is 0 Å². The monoisotopic (exact) mass is 361 g/mol. The maximum atomic E-state index is 13.6. The first-order valence-electron chi connectivity index (χ1n) is 8.66. The van der Waals surface area contributed by atoms with E-state index in [1.165, 1.54) is 12.1 Å². The Balaban J connectivity index is 1.62. The van der Waals surface area contributed by atoms with Gasteiger partial charge in [0.2, 0.25) is 11.8 Å². The quantitative estimate of drug-likeness (QED) is 0.803. The number of benzene rings is 1. The van der Waals surface area contributed by atoms with Crippen molar-refractivity contribution in [1.29, 1.82) is 0 Å². The van der Waals surface area contributed by atoms with Gasteiger partial charge in [0.25, 0.3) is 0 Å². The molecule has 0 radical (unpaired) electrons. The minimum Gasteiger partial charge on any atom is -0.340 e. The van der Waals surface area contributed by atoms with Crippen LogP contribution in [0.5, 0.6) is 0 Å². The van der Waals surface area contributed by atoms with E-state index in [1.54, 1.807) is 19.1 Å². The predicted octanol–water partition coefficient (Wildman–Crippen LogP) is 1.46. The Bertz CT molecular complexity index is 756. The van der Waals surface area contributed by atoms with Crippen molar-refractivity contribution in [3.05, 3.63) is 47.4 Å². The summed E-state index contributed by atoms with van der Waals surface area (Å²) >= 11 is 0. The van der Waals surface area contributed by atoms with Crippen LogP contribution < -0.4 is 0 Å². The normalized spacial score (nSPS) is 16.9. The number of halogens is 1. The lowest BCUT2D eigenvalue weighted by Crippen LogP contribution is -2.51. The van der Waals surface area contributed by atoms with Crippen molar-refractivity contribution in [2.45, 2.75) is 19.5 Å². The van der Waals surface area contributed by atoms with E-state index in [0.717, 1.165) is 13.1 Å². The van der Waals surface area contributed by atoms with E-state index in [-0.39, 0.29) is 11.7 Å². The number of carbonyl (C=O) groups is 1. The van der Waals surface area contributed by atoms with Crippen LogP contribution in [0.1, 0.15) is 23.3 Å². The Morgan fingerprint density at radius 3 is 2.62 bits per heavy atom. The molecular weight excluding hydrogens is 337 g/mol. The van der Waals surface area contributed by atoms with Gasteiger partial charge in [-0.2, -0.15) is 4.98 Å². The molecule has 8 heteroatoms. The highest BCUT2D eigenvalue weighted by molar-refractivity contribution is 5.83. The smallest absolute Gasteiger partial charge is 0.244 e. The molecule has 0 saturated carbocycles. The van der Waals surface area contributed by atoms with Crippen LogP contribution in [0.25, 0.3) is 0 Å². The molecule has 1 aromatic heterocycles. The van der Waals surface area contributed by atoms with Crippen LogP contribution in [-0.4, -0.2) is 71.0 Å². The molecule has 1 aromatic carbocycles. The van der Waals surface area contributed by atoms with Gasteiger partial charge in [-0.05, 0) is 31.8 Å². The number of hydrogen-bond donors (Lipinski definition) is 0. The molecule has 1 fully saturated rings. The molecule has 2 aromatic rings. The topological polar surface area (TPSA) is 65.7 Å². The zero-order valence-corrected chi connectivity index (χ0v) is 15.4. The van der Waals surface area contributed by atoms with Crippen molar-refractivity contribution in [3.8, 4) is 0 Å². The van der Waals surface area contributed by atoms with E-state index in [1.807, 2.05) is 23.9 Å². The highest BCUT2D eigenvalue weighted by Crippen LogP contribution is 2.22. The van der Waals surface area contributed by atoms with Gasteiger partial charge in [0.05, 0.1) is 6.54 Å². The standard InChI is InChI=1S/C18H24FN5O2/c1-13-20-16(21-26-13)12-23-7-9-24(10-8-23)18(25)17(22(2)3)14-5-4-6-15(19)11-14/h4-6,11,17H,7-10,12H2,1-3H3/t17-/m0/s1. The summed E-state index contributed by atoms with van der Waals surface area (Å²) in [5.74, 6) is 0.879. The zero-order valence-electron chi connectivity index (χ0n) is 15.4. The summed E-state index contributed by atoms with van der Waals surface area (Å²) in [4.78, 5) is 23.1. The van der Waals surface area contributed by atoms with Crippen LogP contribution in [0.4, 0.5) is 4.39 Å². The lowest BCUT2D eigenvalue weighted by Gasteiger charge is -2.37. The third-order valence-electron chi connectivity index (χ3n) is 4.53. The number of aromatic nitrogens is 2. The molecule has 0 aliphatic carbocycles. The number of rotatable bonds is 5. The van der Waals surface area contributed by atoms with Gasteiger partial charge in [-0.15, -0.1) is 0 Å². The van der Waals surface area contributed by atoms with Gasteiger partial charge in [0, 0.05) is 33.1 Å². The van der Waals surface area contributed by atoms with E-state index in [9.17, 15) is 9.18 Å². The van der Waals surface area contributed by atoms with Gasteiger partial charge in [0.1, 0.15) is 11.9 Å². The molecule has 7 nitrogen and oxygen atoms in total. The maximum absolute atomic E-state index is 13.6. The Labute approximate surface area is 152 Å². The number of carbonyl (C=O) groups excluding carboxylic acids is 1. The number of aryl methyl sites for hydroxylation is 1. The lowest BCUT2D eigenvalue weighted by molar-refractivity contribution is -0.138. The Hall–Kier alpha value is -2.32. The van der Waals surface area contributed by atoms with Gasteiger partial charge in [-0.3, -0.25) is 14.6 Å².